The van der Waals surface area contributed by atoms with Gasteiger partial charge in [-0.3, -0.25) is 4.90 Å². The molecule has 3 rings (SSSR count). The minimum atomic E-state index is 0.304. The lowest BCUT2D eigenvalue weighted by Crippen LogP contribution is -2.59. The molecule has 0 spiro atoms. The number of piperazine rings is 1. The number of nitrogens with two attached hydrogens (primary N) is 1. The fourth-order valence-corrected chi connectivity index (χ4v) is 3.55. The molecule has 0 aliphatic carbocycles. The molecular formula is C16H27N5. The van der Waals surface area contributed by atoms with Gasteiger partial charge in [0.25, 0.3) is 0 Å². The van der Waals surface area contributed by atoms with Gasteiger partial charge in [0.1, 0.15) is 17.5 Å². The Morgan fingerprint density at radius 2 is 2.05 bits per heavy atom. The van der Waals surface area contributed by atoms with Crippen molar-refractivity contribution in [2.24, 2.45) is 0 Å². The predicted molar refractivity (Wildman–Crippen MR) is 86.6 cm³/mol. The van der Waals surface area contributed by atoms with Gasteiger partial charge in [0.05, 0.1) is 0 Å². The van der Waals surface area contributed by atoms with E-state index < -0.39 is 0 Å². The Bertz CT molecular complexity index is 501. The maximum absolute atomic E-state index is 5.99. The summed E-state index contributed by atoms with van der Waals surface area (Å²) in [5.41, 5.74) is 5.99. The van der Waals surface area contributed by atoms with Crippen molar-refractivity contribution in [1.82, 2.24) is 14.9 Å². The second-order valence-corrected chi connectivity index (χ2v) is 6.81. The molecule has 1 aromatic heterocycles. The average molecular weight is 289 g/mol. The number of fused-ring (bicyclic) bond motifs is 1. The molecule has 0 bridgehead atoms. The minimum Gasteiger partial charge on any atom is -0.384 e. The first-order chi connectivity index (χ1) is 10.0. The summed E-state index contributed by atoms with van der Waals surface area (Å²) >= 11 is 0. The van der Waals surface area contributed by atoms with Gasteiger partial charge in [-0.2, -0.15) is 0 Å². The summed E-state index contributed by atoms with van der Waals surface area (Å²) < 4.78 is 0. The second kappa shape index (κ2) is 5.79. The van der Waals surface area contributed by atoms with Gasteiger partial charge >= 0.3 is 0 Å². The zero-order valence-corrected chi connectivity index (χ0v) is 13.4. The van der Waals surface area contributed by atoms with Gasteiger partial charge in [-0.25, -0.2) is 9.97 Å². The molecule has 2 saturated heterocycles. The largest absolute Gasteiger partial charge is 0.384 e. The van der Waals surface area contributed by atoms with Crippen molar-refractivity contribution in [3.8, 4) is 0 Å². The van der Waals surface area contributed by atoms with Gasteiger partial charge in [0.2, 0.25) is 0 Å². The first kappa shape index (κ1) is 14.6. The number of piperidine rings is 1. The van der Waals surface area contributed by atoms with E-state index in [0.29, 0.717) is 23.8 Å². The summed E-state index contributed by atoms with van der Waals surface area (Å²) in [7, 11) is 0. The molecule has 0 radical (unpaired) electrons. The van der Waals surface area contributed by atoms with Crippen LogP contribution >= 0.6 is 0 Å². The molecule has 2 aliphatic heterocycles. The highest BCUT2D eigenvalue weighted by Crippen LogP contribution is 2.28. The van der Waals surface area contributed by atoms with Gasteiger partial charge in [-0.15, -0.1) is 0 Å². The molecule has 1 aromatic rings. The van der Waals surface area contributed by atoms with Crippen LogP contribution in [0.4, 0.5) is 11.6 Å². The Morgan fingerprint density at radius 1 is 1.24 bits per heavy atom. The lowest BCUT2D eigenvalue weighted by molar-refractivity contribution is 0.115. The van der Waals surface area contributed by atoms with E-state index >= 15 is 0 Å². The Hall–Kier alpha value is -1.36. The molecule has 2 atom stereocenters. The zero-order chi connectivity index (χ0) is 15.0. The third-order valence-corrected chi connectivity index (χ3v) is 4.75. The number of anilines is 2. The van der Waals surface area contributed by atoms with Gasteiger partial charge in [0, 0.05) is 37.2 Å². The summed E-state index contributed by atoms with van der Waals surface area (Å²) in [4.78, 5) is 14.2. The summed E-state index contributed by atoms with van der Waals surface area (Å²) in [5, 5.41) is 0. The van der Waals surface area contributed by atoms with Crippen LogP contribution < -0.4 is 10.6 Å². The Morgan fingerprint density at radius 3 is 2.81 bits per heavy atom. The summed E-state index contributed by atoms with van der Waals surface area (Å²) in [6, 6.07) is 3.09. The quantitative estimate of drug-likeness (QED) is 0.905. The SMILES string of the molecule is CC(C)c1nc(N)cc(N2CC3CCCCN3CC2C)n1. The molecular weight excluding hydrogens is 262 g/mol. The Kier molecular flexibility index (Phi) is 4.02. The number of hydrogen-bond donors (Lipinski definition) is 1. The maximum atomic E-state index is 5.99. The molecule has 2 N–H and O–H groups in total. The van der Waals surface area contributed by atoms with Crippen molar-refractivity contribution in [2.75, 3.05) is 30.3 Å². The minimum absolute atomic E-state index is 0.304. The van der Waals surface area contributed by atoms with Crippen LogP contribution in [0.2, 0.25) is 0 Å². The first-order valence-electron chi connectivity index (χ1n) is 8.19. The lowest BCUT2D eigenvalue weighted by atomic mass is 9.97. The number of nitrogen functional groups attached to an aromatic ring is 1. The molecule has 2 unspecified atom stereocenters. The van der Waals surface area contributed by atoms with Crippen LogP contribution in [0.25, 0.3) is 0 Å². The van der Waals surface area contributed by atoms with Crippen LogP contribution in [0, 0.1) is 0 Å². The highest BCUT2D eigenvalue weighted by Gasteiger charge is 2.33. The molecule has 5 nitrogen and oxygen atoms in total. The molecule has 21 heavy (non-hydrogen) atoms. The van der Waals surface area contributed by atoms with Crippen molar-refractivity contribution in [1.29, 1.82) is 0 Å². The first-order valence-corrected chi connectivity index (χ1v) is 8.19. The van der Waals surface area contributed by atoms with Crippen molar-refractivity contribution in [3.05, 3.63) is 11.9 Å². The Balaban J connectivity index is 1.85. The number of hydrogen-bond acceptors (Lipinski definition) is 5. The van der Waals surface area contributed by atoms with Crippen LogP contribution in [0.3, 0.4) is 0 Å². The van der Waals surface area contributed by atoms with Crippen LogP contribution in [-0.2, 0) is 0 Å². The standard InChI is InChI=1S/C16H27N5/c1-11(2)16-18-14(17)8-15(19-16)21-10-13-6-4-5-7-20(13)9-12(21)3/h8,11-13H,4-7,9-10H2,1-3H3,(H2,17,18,19). The average Bonchev–Trinajstić information content (AvgIpc) is 2.45. The fourth-order valence-electron chi connectivity index (χ4n) is 3.55. The van der Waals surface area contributed by atoms with Crippen LogP contribution in [0.5, 0.6) is 0 Å². The normalized spacial score (nSPS) is 27.0. The van der Waals surface area contributed by atoms with E-state index in [1.807, 2.05) is 6.07 Å². The molecule has 0 saturated carbocycles. The smallest absolute Gasteiger partial charge is 0.135 e. The zero-order valence-electron chi connectivity index (χ0n) is 13.4. The summed E-state index contributed by atoms with van der Waals surface area (Å²) in [5.74, 6) is 2.74. The third kappa shape index (κ3) is 2.98. The predicted octanol–water partition coefficient (Wildman–Crippen LogP) is 2.25. The van der Waals surface area contributed by atoms with Crippen LogP contribution in [0.15, 0.2) is 6.07 Å². The summed E-state index contributed by atoms with van der Waals surface area (Å²) in [6.45, 7) is 9.97. The van der Waals surface area contributed by atoms with E-state index in [9.17, 15) is 0 Å². The molecule has 3 heterocycles. The van der Waals surface area contributed by atoms with E-state index in [1.165, 1.54) is 25.8 Å². The molecule has 0 amide bonds. The fraction of sp³-hybridized carbons (Fsp3) is 0.750. The highest BCUT2D eigenvalue weighted by atomic mass is 15.3. The van der Waals surface area contributed by atoms with Crippen molar-refractivity contribution in [3.63, 3.8) is 0 Å². The van der Waals surface area contributed by atoms with Crippen molar-refractivity contribution in [2.45, 2.75) is 58.0 Å². The van der Waals surface area contributed by atoms with Crippen molar-refractivity contribution >= 4 is 11.6 Å². The molecule has 2 aliphatic rings. The van der Waals surface area contributed by atoms with Gasteiger partial charge in [-0.1, -0.05) is 20.3 Å². The van der Waals surface area contributed by atoms with Gasteiger partial charge in [-0.05, 0) is 26.3 Å². The van der Waals surface area contributed by atoms with Gasteiger partial charge < -0.3 is 10.6 Å². The van der Waals surface area contributed by atoms with E-state index in [2.05, 4.69) is 35.6 Å². The van der Waals surface area contributed by atoms with Crippen LogP contribution in [-0.4, -0.2) is 46.6 Å². The van der Waals surface area contributed by atoms with Crippen molar-refractivity contribution < 1.29 is 0 Å². The van der Waals surface area contributed by atoms with E-state index in [4.69, 9.17) is 10.7 Å². The van der Waals surface area contributed by atoms with E-state index in [-0.39, 0.29) is 0 Å². The molecule has 2 fully saturated rings. The number of nitrogens with zero attached hydrogens (tertiary/aromatic N) is 4. The molecule has 5 heteroatoms. The van der Waals surface area contributed by atoms with Gasteiger partial charge in [0.15, 0.2) is 0 Å². The number of rotatable bonds is 2. The maximum Gasteiger partial charge on any atom is 0.135 e. The van der Waals surface area contributed by atoms with E-state index in [1.54, 1.807) is 0 Å². The lowest BCUT2D eigenvalue weighted by Gasteiger charge is -2.48. The third-order valence-electron chi connectivity index (χ3n) is 4.75. The van der Waals surface area contributed by atoms with E-state index in [0.717, 1.165) is 24.7 Å². The number of aromatic nitrogens is 2. The van der Waals surface area contributed by atoms with Crippen LogP contribution in [0.1, 0.15) is 51.8 Å². The topological polar surface area (TPSA) is 58.3 Å². The Labute approximate surface area is 127 Å². The second-order valence-electron chi connectivity index (χ2n) is 6.81. The molecule has 116 valence electrons. The monoisotopic (exact) mass is 289 g/mol. The molecule has 0 aromatic carbocycles. The highest BCUT2D eigenvalue weighted by molar-refractivity contribution is 5.48. The summed E-state index contributed by atoms with van der Waals surface area (Å²) in [6.07, 6.45) is 4.01.